The van der Waals surface area contributed by atoms with E-state index in [9.17, 15) is 14.7 Å². The third-order valence-corrected chi connectivity index (χ3v) is 2.14. The number of hydrogen-bond donors (Lipinski definition) is 4. The third kappa shape index (κ3) is 4.00. The van der Waals surface area contributed by atoms with Crippen molar-refractivity contribution in [3.8, 4) is 5.75 Å². The normalized spacial score (nSPS) is 11.0. The molecule has 0 atom stereocenters. The van der Waals surface area contributed by atoms with E-state index in [2.05, 4.69) is 5.43 Å². The summed E-state index contributed by atoms with van der Waals surface area (Å²) in [7, 11) is -3.17. The molecule has 4 N–H and O–H groups in total. The first-order chi connectivity index (χ1) is 7.83. The molecule has 0 unspecified atom stereocenters. The van der Waals surface area contributed by atoms with Crippen molar-refractivity contribution < 1.29 is 24.0 Å². The fourth-order valence-electron chi connectivity index (χ4n) is 1.03. The smallest absolute Gasteiger partial charge is 0.417 e. The quantitative estimate of drug-likeness (QED) is 0.345. The van der Waals surface area contributed by atoms with Crippen LogP contribution in [0.15, 0.2) is 18.2 Å². The molecule has 1 aromatic carbocycles. The Kier molecular flexibility index (Phi) is 4.02. The molecule has 1 rings (SSSR count). The summed E-state index contributed by atoms with van der Waals surface area (Å²) in [6, 6.07) is 3.75. The van der Waals surface area contributed by atoms with E-state index in [-0.39, 0.29) is 11.4 Å². The van der Waals surface area contributed by atoms with Crippen molar-refractivity contribution in [2.75, 3.05) is 12.5 Å². The van der Waals surface area contributed by atoms with Gasteiger partial charge in [0.2, 0.25) is 0 Å². The van der Waals surface area contributed by atoms with Crippen molar-refractivity contribution >= 4 is 19.1 Å². The van der Waals surface area contributed by atoms with E-state index in [1.807, 2.05) is 0 Å². The number of nitro benzene ring substituents is 1. The SMILES string of the molecule is COc1ccc([N+](=O)[O-])c(NNP(=O)(O)O)c1. The highest BCUT2D eigenvalue weighted by atomic mass is 31.2. The molecular formula is C7H10N3O6P. The first-order valence-corrected chi connectivity index (χ1v) is 5.86. The minimum atomic E-state index is -4.53. The van der Waals surface area contributed by atoms with Crippen LogP contribution in [-0.4, -0.2) is 21.8 Å². The second-order valence-corrected chi connectivity index (χ2v) is 4.23. The van der Waals surface area contributed by atoms with E-state index in [1.165, 1.54) is 19.2 Å². The van der Waals surface area contributed by atoms with Crippen molar-refractivity contribution in [3.63, 3.8) is 0 Å². The number of nitrogens with zero attached hydrogens (tertiary/aromatic N) is 1. The van der Waals surface area contributed by atoms with Gasteiger partial charge in [-0.2, -0.15) is 0 Å². The molecule has 0 aliphatic rings. The van der Waals surface area contributed by atoms with Gasteiger partial charge in [0.25, 0.3) is 5.69 Å². The summed E-state index contributed by atoms with van der Waals surface area (Å²) in [4.78, 5) is 27.1. The maximum atomic E-state index is 10.6. The highest BCUT2D eigenvalue weighted by Crippen LogP contribution is 2.32. The first-order valence-electron chi connectivity index (χ1n) is 4.25. The van der Waals surface area contributed by atoms with Gasteiger partial charge in [-0.05, 0) is 6.07 Å². The van der Waals surface area contributed by atoms with Crippen molar-refractivity contribution in [3.05, 3.63) is 28.3 Å². The van der Waals surface area contributed by atoms with Crippen LogP contribution in [0.4, 0.5) is 11.4 Å². The first kappa shape index (κ1) is 13.4. The minimum Gasteiger partial charge on any atom is -0.497 e. The number of hydrazine groups is 1. The largest absolute Gasteiger partial charge is 0.497 e. The third-order valence-electron chi connectivity index (χ3n) is 1.74. The van der Waals surface area contributed by atoms with Crippen LogP contribution in [-0.2, 0) is 4.57 Å². The maximum absolute atomic E-state index is 10.6. The van der Waals surface area contributed by atoms with E-state index in [1.54, 1.807) is 5.20 Å². The predicted molar refractivity (Wildman–Crippen MR) is 58.5 cm³/mol. The van der Waals surface area contributed by atoms with Gasteiger partial charge in [-0.1, -0.05) is 0 Å². The Morgan fingerprint density at radius 2 is 2.12 bits per heavy atom. The molecule has 0 saturated carbocycles. The molecule has 0 aliphatic carbocycles. The Bertz CT molecular complexity index is 473. The summed E-state index contributed by atoms with van der Waals surface area (Å²) in [6.07, 6.45) is 0. The Morgan fingerprint density at radius 1 is 1.47 bits per heavy atom. The van der Waals surface area contributed by atoms with Crippen LogP contribution >= 0.6 is 7.75 Å². The Labute approximate surface area is 95.7 Å². The molecule has 0 aliphatic heterocycles. The van der Waals surface area contributed by atoms with Crippen LogP contribution in [0, 0.1) is 10.1 Å². The molecule has 0 amide bonds. The summed E-state index contributed by atoms with van der Waals surface area (Å²) >= 11 is 0. The molecule has 0 heterocycles. The number of methoxy groups -OCH3 is 1. The van der Waals surface area contributed by atoms with E-state index in [0.29, 0.717) is 5.75 Å². The van der Waals surface area contributed by atoms with E-state index < -0.39 is 12.7 Å². The number of anilines is 1. The van der Waals surface area contributed by atoms with Gasteiger partial charge < -0.3 is 19.9 Å². The molecule has 10 heteroatoms. The van der Waals surface area contributed by atoms with Crippen LogP contribution < -0.4 is 15.4 Å². The van der Waals surface area contributed by atoms with Gasteiger partial charge in [-0.3, -0.25) is 10.1 Å². The van der Waals surface area contributed by atoms with Crippen LogP contribution in [0.25, 0.3) is 0 Å². The number of nitro groups is 1. The van der Waals surface area contributed by atoms with E-state index in [4.69, 9.17) is 14.5 Å². The summed E-state index contributed by atoms with van der Waals surface area (Å²) in [5, 5.41) is 12.3. The number of benzene rings is 1. The Balaban J connectivity index is 3.01. The minimum absolute atomic E-state index is 0.113. The second kappa shape index (κ2) is 5.11. The lowest BCUT2D eigenvalue weighted by Gasteiger charge is -2.10. The Hall–Kier alpha value is -1.67. The van der Waals surface area contributed by atoms with Gasteiger partial charge in [-0.25, -0.2) is 4.57 Å². The van der Waals surface area contributed by atoms with Gasteiger partial charge in [0.05, 0.1) is 12.0 Å². The second-order valence-electron chi connectivity index (χ2n) is 2.92. The zero-order chi connectivity index (χ0) is 13.1. The maximum Gasteiger partial charge on any atom is 0.417 e. The van der Waals surface area contributed by atoms with Gasteiger partial charge in [-0.15, -0.1) is 5.20 Å². The van der Waals surface area contributed by atoms with Gasteiger partial charge in [0, 0.05) is 12.1 Å². The molecule has 0 saturated heterocycles. The lowest BCUT2D eigenvalue weighted by atomic mass is 10.2. The number of rotatable bonds is 5. The monoisotopic (exact) mass is 263 g/mol. The lowest BCUT2D eigenvalue weighted by Crippen LogP contribution is -2.18. The van der Waals surface area contributed by atoms with Crippen molar-refractivity contribution in [1.29, 1.82) is 0 Å². The van der Waals surface area contributed by atoms with Gasteiger partial charge in [0.15, 0.2) is 0 Å². The van der Waals surface area contributed by atoms with E-state index >= 15 is 0 Å². The summed E-state index contributed by atoms with van der Waals surface area (Å²) in [5.74, 6) is 0.311. The molecule has 0 fully saturated rings. The average molecular weight is 263 g/mol. The molecule has 17 heavy (non-hydrogen) atoms. The molecule has 94 valence electrons. The fourth-order valence-corrected chi connectivity index (χ4v) is 1.30. The van der Waals surface area contributed by atoms with Crippen LogP contribution in [0.1, 0.15) is 0 Å². The molecule has 9 nitrogen and oxygen atoms in total. The molecule has 0 spiro atoms. The molecule has 0 radical (unpaired) electrons. The van der Waals surface area contributed by atoms with Gasteiger partial charge >= 0.3 is 7.75 Å². The summed E-state index contributed by atoms with van der Waals surface area (Å²) in [6.45, 7) is 0. The van der Waals surface area contributed by atoms with Crippen molar-refractivity contribution in [2.45, 2.75) is 0 Å². The number of ether oxygens (including phenoxy) is 1. The van der Waals surface area contributed by atoms with E-state index in [0.717, 1.165) is 6.07 Å². The van der Waals surface area contributed by atoms with Crippen molar-refractivity contribution in [2.24, 2.45) is 0 Å². The molecule has 1 aromatic rings. The van der Waals surface area contributed by atoms with Crippen LogP contribution in [0.5, 0.6) is 5.75 Å². The predicted octanol–water partition coefficient (Wildman–Crippen LogP) is 0.613. The molecule has 0 bridgehead atoms. The lowest BCUT2D eigenvalue weighted by molar-refractivity contribution is -0.384. The van der Waals surface area contributed by atoms with Crippen LogP contribution in [0.3, 0.4) is 0 Å². The van der Waals surface area contributed by atoms with Gasteiger partial charge in [0.1, 0.15) is 11.4 Å². The summed E-state index contributed by atoms with van der Waals surface area (Å²) in [5.41, 5.74) is 1.62. The highest BCUT2D eigenvalue weighted by Gasteiger charge is 2.18. The number of nitrogens with one attached hydrogen (secondary N) is 2. The topological polar surface area (TPSA) is 134 Å². The zero-order valence-electron chi connectivity index (χ0n) is 8.65. The van der Waals surface area contributed by atoms with Crippen LogP contribution in [0.2, 0.25) is 0 Å². The standard InChI is InChI=1S/C7H10N3O6P/c1-16-5-2-3-7(10(11)12)6(4-5)8-9-17(13,14)15/h2-4,8H,1H3,(H3,9,13,14,15). The molecule has 0 aromatic heterocycles. The Morgan fingerprint density at radius 3 is 2.59 bits per heavy atom. The molecular weight excluding hydrogens is 253 g/mol. The average Bonchev–Trinajstić information content (AvgIpc) is 2.24. The summed E-state index contributed by atoms with van der Waals surface area (Å²) < 4.78 is 15.4. The zero-order valence-corrected chi connectivity index (χ0v) is 9.55. The highest BCUT2D eigenvalue weighted by molar-refractivity contribution is 7.49. The van der Waals surface area contributed by atoms with Crippen molar-refractivity contribution in [1.82, 2.24) is 5.20 Å². The number of hydrogen-bond acceptors (Lipinski definition) is 5. The fraction of sp³-hybridized carbons (Fsp3) is 0.143.